The lowest BCUT2D eigenvalue weighted by atomic mass is 10.1. The predicted molar refractivity (Wildman–Crippen MR) is 68.7 cm³/mol. The van der Waals surface area contributed by atoms with Crippen LogP contribution in [-0.4, -0.2) is 35.1 Å². The largest absolute Gasteiger partial charge is 0.398 e. The van der Waals surface area contributed by atoms with Crippen LogP contribution in [0.15, 0.2) is 24.3 Å². The Kier molecular flexibility index (Phi) is 4.97. The van der Waals surface area contributed by atoms with Gasteiger partial charge in [0.2, 0.25) is 0 Å². The van der Waals surface area contributed by atoms with E-state index in [-0.39, 0.29) is 18.6 Å². The first kappa shape index (κ1) is 13.5. The molecule has 17 heavy (non-hydrogen) atoms. The topological polar surface area (TPSA) is 66.6 Å². The number of hydrogen-bond acceptors (Lipinski definition) is 3. The molecule has 0 atom stereocenters. The Morgan fingerprint density at radius 2 is 2.06 bits per heavy atom. The smallest absolute Gasteiger partial charge is 0.256 e. The average Bonchev–Trinajstić information content (AvgIpc) is 2.29. The summed E-state index contributed by atoms with van der Waals surface area (Å²) in [4.78, 5) is 14.0. The minimum absolute atomic E-state index is 0.0773. The maximum Gasteiger partial charge on any atom is 0.256 e. The molecule has 0 saturated carbocycles. The molecule has 1 aromatic carbocycles. The summed E-state index contributed by atoms with van der Waals surface area (Å²) < 4.78 is 0. The number of rotatable bonds is 5. The standard InChI is InChI=1S/C13H20N2O2/c1-10(2)15(8-5-9-16)13(17)11-6-3-4-7-12(11)14/h3-4,6-7,10,16H,5,8-9,14H2,1-2H3. The zero-order valence-corrected chi connectivity index (χ0v) is 10.4. The first-order chi connectivity index (χ1) is 8.07. The molecule has 0 bridgehead atoms. The highest BCUT2D eigenvalue weighted by Crippen LogP contribution is 2.15. The number of aliphatic hydroxyl groups excluding tert-OH is 1. The van der Waals surface area contributed by atoms with E-state index in [1.54, 1.807) is 29.2 Å². The van der Waals surface area contributed by atoms with Crippen molar-refractivity contribution < 1.29 is 9.90 Å². The van der Waals surface area contributed by atoms with Gasteiger partial charge in [-0.1, -0.05) is 12.1 Å². The van der Waals surface area contributed by atoms with E-state index in [2.05, 4.69) is 0 Å². The van der Waals surface area contributed by atoms with E-state index in [9.17, 15) is 4.79 Å². The van der Waals surface area contributed by atoms with Crippen LogP contribution in [0, 0.1) is 0 Å². The van der Waals surface area contributed by atoms with E-state index in [1.165, 1.54) is 0 Å². The van der Waals surface area contributed by atoms with Gasteiger partial charge < -0.3 is 15.7 Å². The Bertz CT molecular complexity index is 377. The van der Waals surface area contributed by atoms with Crippen LogP contribution in [0.4, 0.5) is 5.69 Å². The molecule has 0 aromatic heterocycles. The number of nitrogen functional groups attached to an aromatic ring is 1. The molecule has 0 unspecified atom stereocenters. The second-order valence-corrected chi connectivity index (χ2v) is 4.26. The average molecular weight is 236 g/mol. The van der Waals surface area contributed by atoms with Gasteiger partial charge in [0, 0.05) is 24.9 Å². The predicted octanol–water partition coefficient (Wildman–Crippen LogP) is 1.50. The highest BCUT2D eigenvalue weighted by Gasteiger charge is 2.19. The Morgan fingerprint density at radius 3 is 2.59 bits per heavy atom. The first-order valence-corrected chi connectivity index (χ1v) is 5.84. The Balaban J connectivity index is 2.88. The number of aliphatic hydroxyl groups is 1. The van der Waals surface area contributed by atoms with Crippen molar-refractivity contribution in [3.05, 3.63) is 29.8 Å². The lowest BCUT2D eigenvalue weighted by Gasteiger charge is -2.27. The third-order valence-electron chi connectivity index (χ3n) is 2.63. The van der Waals surface area contributed by atoms with Crippen molar-refractivity contribution in [2.24, 2.45) is 0 Å². The van der Waals surface area contributed by atoms with Gasteiger partial charge in [-0.05, 0) is 32.4 Å². The first-order valence-electron chi connectivity index (χ1n) is 5.84. The van der Waals surface area contributed by atoms with Gasteiger partial charge in [0.15, 0.2) is 0 Å². The lowest BCUT2D eigenvalue weighted by molar-refractivity contribution is 0.0694. The van der Waals surface area contributed by atoms with Crippen LogP contribution in [-0.2, 0) is 0 Å². The molecule has 0 spiro atoms. The van der Waals surface area contributed by atoms with Crippen LogP contribution >= 0.6 is 0 Å². The van der Waals surface area contributed by atoms with Crippen molar-refractivity contribution in [3.63, 3.8) is 0 Å². The van der Waals surface area contributed by atoms with Gasteiger partial charge in [0.1, 0.15) is 0 Å². The quantitative estimate of drug-likeness (QED) is 0.761. The SMILES string of the molecule is CC(C)N(CCCO)C(=O)c1ccccc1N. The third kappa shape index (κ3) is 3.46. The van der Waals surface area contributed by atoms with Gasteiger partial charge >= 0.3 is 0 Å². The summed E-state index contributed by atoms with van der Waals surface area (Å²) in [7, 11) is 0. The van der Waals surface area contributed by atoms with Crippen molar-refractivity contribution in [1.82, 2.24) is 4.90 Å². The van der Waals surface area contributed by atoms with E-state index in [1.807, 2.05) is 13.8 Å². The molecule has 4 nitrogen and oxygen atoms in total. The summed E-state index contributed by atoms with van der Waals surface area (Å²) in [5, 5.41) is 8.84. The van der Waals surface area contributed by atoms with E-state index in [0.29, 0.717) is 24.2 Å². The molecule has 94 valence electrons. The number of anilines is 1. The van der Waals surface area contributed by atoms with Crippen molar-refractivity contribution >= 4 is 11.6 Å². The fourth-order valence-corrected chi connectivity index (χ4v) is 1.68. The lowest BCUT2D eigenvalue weighted by Crippen LogP contribution is -2.38. The number of nitrogens with two attached hydrogens (primary N) is 1. The fourth-order valence-electron chi connectivity index (χ4n) is 1.68. The molecular weight excluding hydrogens is 216 g/mol. The summed E-state index contributed by atoms with van der Waals surface area (Å²) in [6.45, 7) is 4.53. The van der Waals surface area contributed by atoms with Crippen LogP contribution in [0.1, 0.15) is 30.6 Å². The second-order valence-electron chi connectivity index (χ2n) is 4.26. The zero-order valence-electron chi connectivity index (χ0n) is 10.4. The summed E-state index contributed by atoms with van der Waals surface area (Å²) in [5.41, 5.74) is 6.81. The van der Waals surface area contributed by atoms with E-state index in [4.69, 9.17) is 10.8 Å². The van der Waals surface area contributed by atoms with Gasteiger partial charge in [0.25, 0.3) is 5.91 Å². The number of amides is 1. The van der Waals surface area contributed by atoms with Gasteiger partial charge in [-0.25, -0.2) is 0 Å². The Hall–Kier alpha value is -1.55. The molecule has 0 fully saturated rings. The maximum atomic E-state index is 12.3. The van der Waals surface area contributed by atoms with E-state index >= 15 is 0 Å². The molecule has 0 radical (unpaired) electrons. The van der Waals surface area contributed by atoms with Gasteiger partial charge in [-0.2, -0.15) is 0 Å². The fraction of sp³-hybridized carbons (Fsp3) is 0.462. The number of para-hydroxylation sites is 1. The number of nitrogens with zero attached hydrogens (tertiary/aromatic N) is 1. The number of carbonyl (C=O) groups is 1. The molecule has 0 heterocycles. The Labute approximate surface area is 102 Å². The maximum absolute atomic E-state index is 12.3. The molecule has 1 aromatic rings. The number of carbonyl (C=O) groups excluding carboxylic acids is 1. The van der Waals surface area contributed by atoms with Crippen molar-refractivity contribution in [3.8, 4) is 0 Å². The zero-order chi connectivity index (χ0) is 12.8. The van der Waals surface area contributed by atoms with Crippen molar-refractivity contribution in [2.75, 3.05) is 18.9 Å². The van der Waals surface area contributed by atoms with Crippen molar-refractivity contribution in [1.29, 1.82) is 0 Å². The minimum atomic E-state index is -0.0773. The summed E-state index contributed by atoms with van der Waals surface area (Å²) >= 11 is 0. The van der Waals surface area contributed by atoms with Crippen LogP contribution in [0.2, 0.25) is 0 Å². The molecule has 1 amide bonds. The number of benzene rings is 1. The van der Waals surface area contributed by atoms with Gasteiger partial charge in [-0.3, -0.25) is 4.79 Å². The van der Waals surface area contributed by atoms with Crippen LogP contribution in [0.3, 0.4) is 0 Å². The monoisotopic (exact) mass is 236 g/mol. The molecule has 4 heteroatoms. The van der Waals surface area contributed by atoms with E-state index in [0.717, 1.165) is 0 Å². The van der Waals surface area contributed by atoms with Crippen LogP contribution < -0.4 is 5.73 Å². The third-order valence-corrected chi connectivity index (χ3v) is 2.63. The van der Waals surface area contributed by atoms with Crippen LogP contribution in [0.5, 0.6) is 0 Å². The minimum Gasteiger partial charge on any atom is -0.398 e. The summed E-state index contributed by atoms with van der Waals surface area (Å²) in [6, 6.07) is 7.14. The Morgan fingerprint density at radius 1 is 1.41 bits per heavy atom. The van der Waals surface area contributed by atoms with Gasteiger partial charge in [0.05, 0.1) is 5.56 Å². The second kappa shape index (κ2) is 6.25. The van der Waals surface area contributed by atoms with Gasteiger partial charge in [-0.15, -0.1) is 0 Å². The molecule has 0 aliphatic carbocycles. The molecule has 1 rings (SSSR count). The van der Waals surface area contributed by atoms with E-state index < -0.39 is 0 Å². The summed E-state index contributed by atoms with van der Waals surface area (Å²) in [5.74, 6) is -0.0773. The molecular formula is C13H20N2O2. The number of hydrogen-bond donors (Lipinski definition) is 2. The molecule has 0 aliphatic heterocycles. The highest BCUT2D eigenvalue weighted by atomic mass is 16.3. The highest BCUT2D eigenvalue weighted by molar-refractivity contribution is 5.99. The van der Waals surface area contributed by atoms with Crippen LogP contribution in [0.25, 0.3) is 0 Å². The van der Waals surface area contributed by atoms with Crippen molar-refractivity contribution in [2.45, 2.75) is 26.3 Å². The molecule has 0 saturated heterocycles. The normalized spacial score (nSPS) is 10.6. The summed E-state index contributed by atoms with van der Waals surface area (Å²) in [6.07, 6.45) is 0.580. The molecule has 3 N–H and O–H groups in total. The molecule has 0 aliphatic rings.